The Morgan fingerprint density at radius 1 is 1.19 bits per heavy atom. The fourth-order valence-corrected chi connectivity index (χ4v) is 5.76. The Hall–Kier alpha value is -2.74. The number of methoxy groups -OCH3 is 1. The normalized spacial score (nSPS) is 30.3. The third kappa shape index (κ3) is 2.59. The second kappa shape index (κ2) is 7.40. The molecule has 1 aromatic heterocycles. The van der Waals surface area contributed by atoms with Gasteiger partial charge in [-0.05, 0) is 30.2 Å². The molecule has 6 nitrogen and oxygen atoms in total. The molecule has 2 heterocycles. The number of ether oxygens (including phenoxy) is 2. The van der Waals surface area contributed by atoms with Crippen molar-refractivity contribution < 1.29 is 24.5 Å². The largest absolute Gasteiger partial charge is 0.495 e. The lowest BCUT2D eigenvalue weighted by atomic mass is 9.70. The first kappa shape index (κ1) is 21.1. The maximum absolute atomic E-state index is 12.4. The van der Waals surface area contributed by atoms with Gasteiger partial charge in [-0.25, -0.2) is 0 Å². The number of aromatic nitrogens is 1. The summed E-state index contributed by atoms with van der Waals surface area (Å²) in [4.78, 5) is 16.6. The fourth-order valence-electron chi connectivity index (χ4n) is 5.50. The van der Waals surface area contributed by atoms with Crippen molar-refractivity contribution in [1.82, 2.24) is 4.98 Å². The van der Waals surface area contributed by atoms with Crippen molar-refractivity contribution in [2.75, 3.05) is 7.11 Å². The van der Waals surface area contributed by atoms with Crippen LogP contribution >= 0.6 is 15.9 Å². The second-order valence-electron chi connectivity index (χ2n) is 8.38. The number of aliphatic hydroxyl groups excluding tert-OH is 1. The number of halogens is 1. The summed E-state index contributed by atoms with van der Waals surface area (Å²) in [5, 5.41) is 23.9. The molecule has 0 bridgehead atoms. The van der Waals surface area contributed by atoms with E-state index in [1.807, 2.05) is 55.5 Å². The van der Waals surface area contributed by atoms with E-state index in [0.717, 1.165) is 15.6 Å². The van der Waals surface area contributed by atoms with Crippen molar-refractivity contribution in [1.29, 1.82) is 0 Å². The zero-order valence-corrected chi connectivity index (χ0v) is 19.1. The van der Waals surface area contributed by atoms with Gasteiger partial charge in [0.15, 0.2) is 11.2 Å². The molecule has 3 aromatic rings. The Kier molecular flexibility index (Phi) is 4.89. The van der Waals surface area contributed by atoms with Crippen molar-refractivity contribution >= 4 is 22.2 Å². The first-order chi connectivity index (χ1) is 15.4. The molecular formula is C25H22BrNO5. The number of fused-ring (bicyclic) bond motifs is 3. The average molecular weight is 496 g/mol. The number of hydrogen-bond acceptors (Lipinski definition) is 6. The Morgan fingerprint density at radius 3 is 2.59 bits per heavy atom. The molecule has 1 aliphatic carbocycles. The third-order valence-electron chi connectivity index (χ3n) is 6.76. The van der Waals surface area contributed by atoms with E-state index in [1.165, 1.54) is 19.5 Å². The topological polar surface area (TPSA) is 88.9 Å². The van der Waals surface area contributed by atoms with Gasteiger partial charge in [-0.15, -0.1) is 0 Å². The molecule has 0 spiro atoms. The van der Waals surface area contributed by atoms with E-state index in [2.05, 4.69) is 20.9 Å². The standard InChI is InChI=1S/C25H22BrNO5/c1-14-4-3-5-15(10-14)21-18(13-28)23(29)24(30)22-19(31-2)11-27-12-20(22)32-25(21,24)16-6-8-17(26)9-7-16/h3-13,18,21,23,29-30H,1-2H3/t18-,21-,23-,24+,25+/m1/s1. The van der Waals surface area contributed by atoms with Crippen LogP contribution in [-0.4, -0.2) is 34.7 Å². The minimum absolute atomic E-state index is 0.289. The molecule has 5 rings (SSSR count). The summed E-state index contributed by atoms with van der Waals surface area (Å²) < 4.78 is 12.9. The summed E-state index contributed by atoms with van der Waals surface area (Å²) in [7, 11) is 1.47. The summed E-state index contributed by atoms with van der Waals surface area (Å²) in [6.07, 6.45) is 2.25. The van der Waals surface area contributed by atoms with E-state index in [4.69, 9.17) is 9.47 Å². The minimum Gasteiger partial charge on any atom is -0.495 e. The number of hydrogen-bond donors (Lipinski definition) is 2. The van der Waals surface area contributed by atoms with Crippen LogP contribution in [0.3, 0.4) is 0 Å². The molecule has 164 valence electrons. The van der Waals surface area contributed by atoms with Gasteiger partial charge < -0.3 is 24.5 Å². The van der Waals surface area contributed by atoms with Crippen molar-refractivity contribution in [3.05, 3.63) is 87.7 Å². The molecule has 2 N–H and O–H groups in total. The fraction of sp³-hybridized carbons (Fsp3) is 0.280. The molecular weight excluding hydrogens is 474 g/mol. The van der Waals surface area contributed by atoms with E-state index in [-0.39, 0.29) is 5.75 Å². The molecule has 2 aliphatic rings. The van der Waals surface area contributed by atoms with E-state index < -0.39 is 29.1 Å². The highest BCUT2D eigenvalue weighted by Gasteiger charge is 2.76. The van der Waals surface area contributed by atoms with Crippen molar-refractivity contribution in [3.63, 3.8) is 0 Å². The highest BCUT2D eigenvalue weighted by molar-refractivity contribution is 9.10. The van der Waals surface area contributed by atoms with Crippen LogP contribution in [-0.2, 0) is 16.0 Å². The van der Waals surface area contributed by atoms with Crippen molar-refractivity contribution in [3.8, 4) is 11.5 Å². The number of pyridine rings is 1. The number of rotatable bonds is 4. The van der Waals surface area contributed by atoms with Crippen LogP contribution in [0.2, 0.25) is 0 Å². The molecule has 0 radical (unpaired) electrons. The summed E-state index contributed by atoms with van der Waals surface area (Å²) in [5.74, 6) is -0.983. The number of nitrogens with zero attached hydrogens (tertiary/aromatic N) is 1. The van der Waals surface area contributed by atoms with Gasteiger partial charge in [-0.2, -0.15) is 0 Å². The molecule has 0 unspecified atom stereocenters. The van der Waals surface area contributed by atoms with Gasteiger partial charge in [0.05, 0.1) is 31.0 Å². The van der Waals surface area contributed by atoms with Crippen molar-refractivity contribution in [2.45, 2.75) is 30.1 Å². The maximum atomic E-state index is 12.4. The monoisotopic (exact) mass is 495 g/mol. The molecule has 2 aromatic carbocycles. The summed E-state index contributed by atoms with van der Waals surface area (Å²) in [6.45, 7) is 1.96. The Labute approximate surface area is 194 Å². The number of carbonyl (C=O) groups excluding carboxylic acids is 1. The number of carbonyl (C=O) groups is 1. The molecule has 1 aliphatic heterocycles. The SMILES string of the molecule is COc1cncc2c1[C@]1(O)[C@H](O)[C@H](C=O)[C@@H](c3cccc(C)c3)[C@]1(c1ccc(Br)cc1)O2. The molecule has 32 heavy (non-hydrogen) atoms. The van der Waals surface area contributed by atoms with Gasteiger partial charge in [0.1, 0.15) is 23.9 Å². The molecule has 0 amide bonds. The second-order valence-corrected chi connectivity index (χ2v) is 9.29. The maximum Gasteiger partial charge on any atom is 0.177 e. The van der Waals surface area contributed by atoms with E-state index in [0.29, 0.717) is 23.2 Å². The number of aliphatic hydroxyl groups is 2. The molecule has 1 fully saturated rings. The van der Waals surface area contributed by atoms with E-state index in [1.54, 1.807) is 0 Å². The average Bonchev–Trinajstić information content (AvgIpc) is 3.17. The Bertz CT molecular complexity index is 1200. The summed E-state index contributed by atoms with van der Waals surface area (Å²) >= 11 is 3.46. The molecule has 0 saturated heterocycles. The predicted molar refractivity (Wildman–Crippen MR) is 121 cm³/mol. The Balaban J connectivity index is 1.88. The number of aldehydes is 1. The van der Waals surface area contributed by atoms with Crippen LogP contribution in [0.5, 0.6) is 11.5 Å². The van der Waals surface area contributed by atoms with E-state index in [9.17, 15) is 15.0 Å². The van der Waals surface area contributed by atoms with E-state index >= 15 is 0 Å². The predicted octanol–water partition coefficient (Wildman–Crippen LogP) is 3.61. The van der Waals surface area contributed by atoms with Crippen LogP contribution in [0.15, 0.2) is 65.4 Å². The highest BCUT2D eigenvalue weighted by atomic mass is 79.9. The highest BCUT2D eigenvalue weighted by Crippen LogP contribution is 2.69. The first-order valence-corrected chi connectivity index (χ1v) is 11.1. The lowest BCUT2D eigenvalue weighted by Gasteiger charge is -2.40. The first-order valence-electron chi connectivity index (χ1n) is 10.3. The van der Waals surface area contributed by atoms with Gasteiger partial charge in [0.2, 0.25) is 0 Å². The van der Waals surface area contributed by atoms with Gasteiger partial charge in [-0.1, -0.05) is 57.9 Å². The lowest BCUT2D eigenvalue weighted by Crippen LogP contribution is -2.52. The quantitative estimate of drug-likeness (QED) is 0.537. The van der Waals surface area contributed by atoms with Gasteiger partial charge in [-0.3, -0.25) is 4.98 Å². The number of benzene rings is 2. The zero-order chi connectivity index (χ0) is 22.7. The zero-order valence-electron chi connectivity index (χ0n) is 17.5. The van der Waals surface area contributed by atoms with Crippen LogP contribution in [0.25, 0.3) is 0 Å². The van der Waals surface area contributed by atoms with Crippen LogP contribution in [0.4, 0.5) is 0 Å². The minimum atomic E-state index is -1.95. The van der Waals surface area contributed by atoms with Crippen LogP contribution in [0, 0.1) is 12.8 Å². The Morgan fingerprint density at radius 2 is 1.94 bits per heavy atom. The number of aryl methyl sites for hydroxylation is 1. The van der Waals surface area contributed by atoms with Crippen LogP contribution in [0.1, 0.15) is 28.2 Å². The molecule has 7 heteroatoms. The smallest absolute Gasteiger partial charge is 0.177 e. The third-order valence-corrected chi connectivity index (χ3v) is 7.29. The summed E-state index contributed by atoms with van der Waals surface area (Å²) in [5.41, 5.74) is -0.712. The van der Waals surface area contributed by atoms with Crippen LogP contribution < -0.4 is 9.47 Å². The van der Waals surface area contributed by atoms with Gasteiger partial charge >= 0.3 is 0 Å². The van der Waals surface area contributed by atoms with Gasteiger partial charge in [0.25, 0.3) is 0 Å². The lowest BCUT2D eigenvalue weighted by molar-refractivity contribution is -0.152. The van der Waals surface area contributed by atoms with Gasteiger partial charge in [0, 0.05) is 10.4 Å². The van der Waals surface area contributed by atoms with Crippen molar-refractivity contribution in [2.24, 2.45) is 5.92 Å². The summed E-state index contributed by atoms with van der Waals surface area (Å²) in [6, 6.07) is 15.1. The molecule has 1 saturated carbocycles. The molecule has 5 atom stereocenters.